The van der Waals surface area contributed by atoms with Crippen molar-refractivity contribution >= 4 is 24.3 Å². The molecule has 2 atom stereocenters. The highest BCUT2D eigenvalue weighted by Gasteiger charge is 2.11. The fourth-order valence-electron chi connectivity index (χ4n) is 4.88. The van der Waals surface area contributed by atoms with Gasteiger partial charge in [0, 0.05) is 20.9 Å². The third kappa shape index (κ3) is 8.06. The third-order valence-corrected chi connectivity index (χ3v) is 7.64. The number of hydrogen-bond donors (Lipinski definition) is 0. The summed E-state index contributed by atoms with van der Waals surface area (Å²) in [6.07, 6.45) is 17.9. The lowest BCUT2D eigenvalue weighted by atomic mass is 10.0. The van der Waals surface area contributed by atoms with Crippen LogP contribution in [0, 0.1) is 11.8 Å². The van der Waals surface area contributed by atoms with E-state index in [1.165, 1.54) is 38.5 Å². The van der Waals surface area contributed by atoms with Crippen LogP contribution in [0.25, 0.3) is 24.3 Å². The summed E-state index contributed by atoms with van der Waals surface area (Å²) in [7, 11) is 3.44. The molecule has 6 rings (SSSR count). The molecule has 38 heavy (non-hydrogen) atoms. The van der Waals surface area contributed by atoms with Crippen molar-refractivity contribution in [1.82, 2.24) is 0 Å². The highest BCUT2D eigenvalue weighted by molar-refractivity contribution is 5.69. The van der Waals surface area contributed by atoms with Crippen molar-refractivity contribution in [2.24, 2.45) is 11.8 Å². The summed E-state index contributed by atoms with van der Waals surface area (Å²) < 4.78 is 24.4. The largest absolute Gasteiger partial charge is 0.496 e. The lowest BCUT2D eigenvalue weighted by Crippen LogP contribution is -2.22. The Morgan fingerprint density at radius 1 is 0.526 bits per heavy atom. The van der Waals surface area contributed by atoms with E-state index in [0.717, 1.165) is 69.9 Å². The highest BCUT2D eigenvalue weighted by atomic mass is 16.5. The van der Waals surface area contributed by atoms with Crippen LogP contribution in [-0.4, -0.2) is 27.4 Å². The zero-order valence-corrected chi connectivity index (χ0v) is 24.5. The number of ether oxygens (including phenoxy) is 4. The van der Waals surface area contributed by atoms with E-state index in [2.05, 4.69) is 76.3 Å². The Kier molecular flexibility index (Phi) is 12.1. The van der Waals surface area contributed by atoms with E-state index in [9.17, 15) is 0 Å². The number of rotatable bonds is 16. The second kappa shape index (κ2) is 15.5. The molecule has 0 aromatic heterocycles. The molecule has 0 amide bonds. The molecule has 2 aromatic carbocycles. The van der Waals surface area contributed by atoms with Crippen LogP contribution in [0.5, 0.6) is 23.0 Å². The Balaban J connectivity index is 2.07. The number of benzene rings is 2. The first kappa shape index (κ1) is 29.7. The Labute approximate surface area is 229 Å². The summed E-state index contributed by atoms with van der Waals surface area (Å²) in [5, 5.41) is 3.93. The van der Waals surface area contributed by atoms with Gasteiger partial charge >= 0.3 is 0 Å². The standard InChI is InChI=1S/C34H48O4/c1-7-11-13-25(9-3)23-37-33-21-27-16-18-30-20-32(36-6)28(15-17-29(33)19-31(27)35-5)22-34(30)38-24-26(10-4)14-12-8-2/h15-22,25-26H,7-14,23-24H2,1-6H3/b17-15?,18-16?,27-16-,28-15-,29-17-,30-18-. The Morgan fingerprint density at radius 3 is 1.18 bits per heavy atom. The lowest BCUT2D eigenvalue weighted by Gasteiger charge is -2.17. The van der Waals surface area contributed by atoms with E-state index in [1.807, 2.05) is 0 Å². The van der Waals surface area contributed by atoms with Crippen molar-refractivity contribution in [3.05, 3.63) is 45.1 Å². The highest BCUT2D eigenvalue weighted by Crippen LogP contribution is 2.17. The molecule has 0 fully saturated rings. The summed E-state index contributed by atoms with van der Waals surface area (Å²) in [6, 6.07) is 8.34. The average molecular weight is 521 g/mol. The van der Waals surface area contributed by atoms with Crippen LogP contribution < -0.4 is 39.8 Å². The fraction of sp³-hybridized carbons (Fsp3) is 0.529. The summed E-state index contributed by atoms with van der Waals surface area (Å²) in [5.74, 6) is 4.51. The second-order valence-electron chi connectivity index (χ2n) is 10.4. The molecule has 4 bridgehead atoms. The van der Waals surface area contributed by atoms with E-state index >= 15 is 0 Å². The zero-order valence-electron chi connectivity index (χ0n) is 24.5. The monoisotopic (exact) mass is 520 g/mol. The lowest BCUT2D eigenvalue weighted by molar-refractivity contribution is 0.231. The van der Waals surface area contributed by atoms with Gasteiger partial charge in [-0.2, -0.15) is 0 Å². The van der Waals surface area contributed by atoms with Crippen molar-refractivity contribution in [3.8, 4) is 23.0 Å². The molecule has 2 aromatic rings. The van der Waals surface area contributed by atoms with E-state index < -0.39 is 0 Å². The molecule has 4 aliphatic carbocycles. The first-order valence-corrected chi connectivity index (χ1v) is 14.6. The summed E-state index contributed by atoms with van der Waals surface area (Å²) in [6.45, 7) is 10.4. The minimum absolute atomic E-state index is 0.558. The third-order valence-electron chi connectivity index (χ3n) is 7.64. The molecule has 0 heterocycles. The van der Waals surface area contributed by atoms with Gasteiger partial charge in [0.05, 0.1) is 27.4 Å². The SMILES string of the molecule is CCCCC(CC)COc1c/c2c(OC)c/c1=C/C=c1/cc(OCC(CC)CCCC)/c(cc1OC)=C\C=2. The molecule has 208 valence electrons. The molecular formula is C34H48O4. The summed E-state index contributed by atoms with van der Waals surface area (Å²) in [4.78, 5) is 0. The van der Waals surface area contributed by atoms with Crippen molar-refractivity contribution < 1.29 is 18.9 Å². The van der Waals surface area contributed by atoms with Gasteiger partial charge in [-0.25, -0.2) is 0 Å². The minimum Gasteiger partial charge on any atom is -0.496 e. The van der Waals surface area contributed by atoms with Crippen LogP contribution in [0.15, 0.2) is 24.3 Å². The van der Waals surface area contributed by atoms with Crippen molar-refractivity contribution in [2.45, 2.75) is 79.1 Å². The van der Waals surface area contributed by atoms with Gasteiger partial charge in [0.2, 0.25) is 0 Å². The molecule has 0 saturated carbocycles. The number of hydrogen-bond acceptors (Lipinski definition) is 4. The van der Waals surface area contributed by atoms with Crippen LogP contribution in [0.3, 0.4) is 0 Å². The first-order valence-electron chi connectivity index (χ1n) is 14.6. The second-order valence-corrected chi connectivity index (χ2v) is 10.4. The van der Waals surface area contributed by atoms with E-state index in [4.69, 9.17) is 18.9 Å². The predicted molar refractivity (Wildman–Crippen MR) is 160 cm³/mol. The van der Waals surface area contributed by atoms with Gasteiger partial charge in [-0.15, -0.1) is 0 Å². The number of methoxy groups -OCH3 is 2. The molecule has 0 saturated heterocycles. The minimum atomic E-state index is 0.558. The predicted octanol–water partition coefficient (Wildman–Crippen LogP) is 5.73. The van der Waals surface area contributed by atoms with Crippen molar-refractivity contribution in [2.75, 3.05) is 27.4 Å². The van der Waals surface area contributed by atoms with Gasteiger partial charge in [-0.05, 0) is 48.9 Å². The van der Waals surface area contributed by atoms with Gasteiger partial charge in [-0.1, -0.05) is 90.5 Å². The van der Waals surface area contributed by atoms with Gasteiger partial charge < -0.3 is 18.9 Å². The Morgan fingerprint density at radius 2 is 0.868 bits per heavy atom. The molecule has 4 nitrogen and oxygen atoms in total. The first-order chi connectivity index (χ1) is 18.6. The summed E-state index contributed by atoms with van der Waals surface area (Å²) >= 11 is 0. The Hall–Kier alpha value is -2.88. The molecule has 4 heteroatoms. The van der Waals surface area contributed by atoms with Gasteiger partial charge in [0.25, 0.3) is 0 Å². The maximum Gasteiger partial charge on any atom is 0.127 e. The van der Waals surface area contributed by atoms with Crippen LogP contribution in [0.2, 0.25) is 0 Å². The molecular weight excluding hydrogens is 472 g/mol. The molecule has 0 radical (unpaired) electrons. The van der Waals surface area contributed by atoms with Crippen LogP contribution in [0.1, 0.15) is 79.1 Å². The van der Waals surface area contributed by atoms with Crippen LogP contribution in [-0.2, 0) is 0 Å². The molecule has 2 unspecified atom stereocenters. The smallest absolute Gasteiger partial charge is 0.127 e. The Bertz CT molecular complexity index is 1160. The molecule has 0 spiro atoms. The van der Waals surface area contributed by atoms with E-state index in [0.29, 0.717) is 11.8 Å². The maximum absolute atomic E-state index is 6.44. The van der Waals surface area contributed by atoms with Crippen LogP contribution >= 0.6 is 0 Å². The zero-order chi connectivity index (χ0) is 27.3. The van der Waals surface area contributed by atoms with Gasteiger partial charge in [0.1, 0.15) is 23.0 Å². The van der Waals surface area contributed by atoms with Crippen molar-refractivity contribution in [1.29, 1.82) is 0 Å². The van der Waals surface area contributed by atoms with E-state index in [1.54, 1.807) is 14.2 Å². The molecule has 4 aliphatic rings. The molecule has 0 N–H and O–H groups in total. The fourth-order valence-corrected chi connectivity index (χ4v) is 4.88. The summed E-state index contributed by atoms with van der Waals surface area (Å²) in [5.41, 5.74) is 0. The van der Waals surface area contributed by atoms with Crippen LogP contribution in [0.4, 0.5) is 0 Å². The van der Waals surface area contributed by atoms with Gasteiger partial charge in [-0.3, -0.25) is 0 Å². The molecule has 0 aliphatic heterocycles. The normalized spacial score (nSPS) is 17.2. The van der Waals surface area contributed by atoms with Gasteiger partial charge in [0.15, 0.2) is 0 Å². The maximum atomic E-state index is 6.44. The number of unbranched alkanes of at least 4 members (excludes halogenated alkanes) is 2. The quantitative estimate of drug-likeness (QED) is 0.283. The topological polar surface area (TPSA) is 36.9 Å². The van der Waals surface area contributed by atoms with Crippen molar-refractivity contribution in [3.63, 3.8) is 0 Å². The average Bonchev–Trinajstić information content (AvgIpc) is 2.94. The van der Waals surface area contributed by atoms with E-state index in [-0.39, 0.29) is 0 Å².